The van der Waals surface area contributed by atoms with Crippen LogP contribution in [0.4, 0.5) is 0 Å². The van der Waals surface area contributed by atoms with Gasteiger partial charge in [-0.1, -0.05) is 18.2 Å². The highest BCUT2D eigenvalue weighted by Gasteiger charge is 2.23. The first kappa shape index (κ1) is 16.0. The molecule has 0 saturated carbocycles. The van der Waals surface area contributed by atoms with Crippen LogP contribution in [0, 0.1) is 0 Å². The minimum absolute atomic E-state index is 0.551. The van der Waals surface area contributed by atoms with Crippen molar-refractivity contribution in [2.45, 2.75) is 26.1 Å². The van der Waals surface area contributed by atoms with Crippen molar-refractivity contribution in [3.8, 4) is 5.75 Å². The molecule has 0 amide bonds. The Morgan fingerprint density at radius 2 is 2.00 bits per heavy atom. The fourth-order valence-electron chi connectivity index (χ4n) is 3.20. The summed E-state index contributed by atoms with van der Waals surface area (Å²) in [7, 11) is 1.72. The molecule has 0 radical (unpaired) electrons. The van der Waals surface area contributed by atoms with E-state index < -0.39 is 0 Å². The van der Waals surface area contributed by atoms with E-state index in [0.717, 1.165) is 38.5 Å². The van der Waals surface area contributed by atoms with Gasteiger partial charge in [0.25, 0.3) is 0 Å². The number of rotatable bonds is 5. The maximum absolute atomic E-state index is 5.32. The Labute approximate surface area is 138 Å². The maximum Gasteiger partial charge on any atom is 0.119 e. The smallest absolute Gasteiger partial charge is 0.119 e. The lowest BCUT2D eigenvalue weighted by Gasteiger charge is -2.40. The lowest BCUT2D eigenvalue weighted by Crippen LogP contribution is -2.50. The van der Waals surface area contributed by atoms with Crippen molar-refractivity contribution >= 4 is 0 Å². The van der Waals surface area contributed by atoms with E-state index in [-0.39, 0.29) is 0 Å². The van der Waals surface area contributed by atoms with Crippen molar-refractivity contribution in [1.82, 2.24) is 14.8 Å². The summed E-state index contributed by atoms with van der Waals surface area (Å²) in [6, 6.07) is 13.1. The molecule has 0 bridgehead atoms. The minimum atomic E-state index is 0.551. The van der Waals surface area contributed by atoms with E-state index in [0.29, 0.717) is 6.04 Å². The Hall–Kier alpha value is -1.91. The predicted molar refractivity (Wildman–Crippen MR) is 92.4 cm³/mol. The maximum atomic E-state index is 5.32. The number of methoxy groups -OCH3 is 1. The molecule has 1 atom stereocenters. The third kappa shape index (κ3) is 4.30. The molecule has 0 spiro atoms. The highest BCUT2D eigenvalue weighted by Crippen LogP contribution is 2.18. The van der Waals surface area contributed by atoms with Gasteiger partial charge in [0, 0.05) is 51.2 Å². The molecule has 1 aromatic carbocycles. The fourth-order valence-corrected chi connectivity index (χ4v) is 3.20. The normalized spacial score (nSPS) is 19.7. The van der Waals surface area contributed by atoms with Gasteiger partial charge in [-0.2, -0.15) is 0 Å². The summed E-state index contributed by atoms with van der Waals surface area (Å²) in [4.78, 5) is 9.28. The first-order valence-corrected chi connectivity index (χ1v) is 8.23. The minimum Gasteiger partial charge on any atom is -0.497 e. The molecular formula is C19H25N3O. The molecule has 3 rings (SSSR count). The van der Waals surface area contributed by atoms with E-state index >= 15 is 0 Å². The highest BCUT2D eigenvalue weighted by molar-refractivity contribution is 5.28. The molecule has 4 heteroatoms. The number of ether oxygens (including phenoxy) is 1. The van der Waals surface area contributed by atoms with Gasteiger partial charge in [-0.15, -0.1) is 0 Å². The van der Waals surface area contributed by atoms with E-state index in [1.54, 1.807) is 7.11 Å². The molecule has 4 nitrogen and oxygen atoms in total. The Morgan fingerprint density at radius 1 is 1.13 bits per heavy atom. The van der Waals surface area contributed by atoms with Gasteiger partial charge < -0.3 is 4.74 Å². The second kappa shape index (κ2) is 7.57. The Kier molecular flexibility index (Phi) is 5.26. The number of hydrogen-bond acceptors (Lipinski definition) is 4. The third-order valence-electron chi connectivity index (χ3n) is 4.50. The van der Waals surface area contributed by atoms with Crippen LogP contribution in [-0.4, -0.2) is 47.6 Å². The number of pyridine rings is 1. The molecule has 1 saturated heterocycles. The van der Waals surface area contributed by atoms with Gasteiger partial charge >= 0.3 is 0 Å². The lowest BCUT2D eigenvalue weighted by molar-refractivity contribution is 0.0732. The van der Waals surface area contributed by atoms with Gasteiger partial charge in [0.05, 0.1) is 7.11 Å². The largest absolute Gasteiger partial charge is 0.497 e. The van der Waals surface area contributed by atoms with Crippen LogP contribution in [0.15, 0.2) is 48.8 Å². The van der Waals surface area contributed by atoms with Crippen LogP contribution in [0.2, 0.25) is 0 Å². The average Bonchev–Trinajstić information content (AvgIpc) is 2.58. The summed E-state index contributed by atoms with van der Waals surface area (Å²) < 4.78 is 5.32. The van der Waals surface area contributed by atoms with Gasteiger partial charge in [-0.3, -0.25) is 14.8 Å². The fraction of sp³-hybridized carbons (Fsp3) is 0.421. The van der Waals surface area contributed by atoms with Crippen molar-refractivity contribution in [3.63, 3.8) is 0 Å². The number of hydrogen-bond donors (Lipinski definition) is 0. The molecule has 2 heterocycles. The van der Waals surface area contributed by atoms with Crippen molar-refractivity contribution in [3.05, 3.63) is 59.9 Å². The summed E-state index contributed by atoms with van der Waals surface area (Å²) in [5.41, 5.74) is 2.61. The summed E-state index contributed by atoms with van der Waals surface area (Å²) in [5, 5.41) is 0. The van der Waals surface area contributed by atoms with Gasteiger partial charge in [-0.05, 0) is 36.2 Å². The zero-order valence-corrected chi connectivity index (χ0v) is 14.0. The van der Waals surface area contributed by atoms with Crippen LogP contribution in [0.1, 0.15) is 18.1 Å². The Balaban J connectivity index is 1.55. The Bertz CT molecular complexity index is 617. The van der Waals surface area contributed by atoms with Crippen molar-refractivity contribution in [2.75, 3.05) is 26.7 Å². The van der Waals surface area contributed by atoms with E-state index in [9.17, 15) is 0 Å². The number of benzene rings is 1. The summed E-state index contributed by atoms with van der Waals surface area (Å²) in [6.45, 7) is 7.58. The summed E-state index contributed by atoms with van der Waals surface area (Å²) in [5.74, 6) is 0.936. The standard InChI is InChI=1S/C19H25N3O/c1-16-13-21(14-17-5-3-7-19(11-17)23-2)9-10-22(16)15-18-6-4-8-20-12-18/h3-8,11-12,16H,9-10,13-15H2,1-2H3/t16-/m0/s1. The van der Waals surface area contributed by atoms with Crippen LogP contribution in [0.3, 0.4) is 0 Å². The molecule has 0 unspecified atom stereocenters. The monoisotopic (exact) mass is 311 g/mol. The van der Waals surface area contributed by atoms with E-state index in [1.807, 2.05) is 24.5 Å². The van der Waals surface area contributed by atoms with Gasteiger partial charge in [0.1, 0.15) is 5.75 Å². The topological polar surface area (TPSA) is 28.6 Å². The van der Waals surface area contributed by atoms with Crippen LogP contribution in [0.5, 0.6) is 5.75 Å². The van der Waals surface area contributed by atoms with Crippen molar-refractivity contribution in [2.24, 2.45) is 0 Å². The van der Waals surface area contributed by atoms with E-state index in [4.69, 9.17) is 4.74 Å². The SMILES string of the molecule is COc1cccc(CN2CCN(Cc3cccnc3)[C@@H](C)C2)c1. The molecule has 1 aliphatic rings. The van der Waals surface area contributed by atoms with E-state index in [1.165, 1.54) is 11.1 Å². The number of aromatic nitrogens is 1. The van der Waals surface area contributed by atoms with Crippen LogP contribution in [0.25, 0.3) is 0 Å². The van der Waals surface area contributed by atoms with Crippen molar-refractivity contribution in [1.29, 1.82) is 0 Å². The average molecular weight is 311 g/mol. The molecule has 2 aromatic rings. The van der Waals surface area contributed by atoms with Crippen molar-refractivity contribution < 1.29 is 4.74 Å². The zero-order chi connectivity index (χ0) is 16.1. The zero-order valence-electron chi connectivity index (χ0n) is 14.0. The van der Waals surface area contributed by atoms with Crippen LogP contribution < -0.4 is 4.74 Å². The predicted octanol–water partition coefficient (Wildman–Crippen LogP) is 2.80. The van der Waals surface area contributed by atoms with E-state index in [2.05, 4.69) is 46.0 Å². The molecule has 0 aliphatic carbocycles. The lowest BCUT2D eigenvalue weighted by atomic mass is 10.1. The summed E-state index contributed by atoms with van der Waals surface area (Å²) >= 11 is 0. The van der Waals surface area contributed by atoms with Gasteiger partial charge in [0.15, 0.2) is 0 Å². The molecule has 23 heavy (non-hydrogen) atoms. The number of nitrogens with zero attached hydrogens (tertiary/aromatic N) is 3. The van der Waals surface area contributed by atoms with Gasteiger partial charge in [0.2, 0.25) is 0 Å². The number of piperazine rings is 1. The second-order valence-corrected chi connectivity index (χ2v) is 6.27. The molecular weight excluding hydrogens is 286 g/mol. The van der Waals surface area contributed by atoms with Gasteiger partial charge in [-0.25, -0.2) is 0 Å². The van der Waals surface area contributed by atoms with Crippen LogP contribution in [-0.2, 0) is 13.1 Å². The first-order chi connectivity index (χ1) is 11.2. The molecule has 1 aromatic heterocycles. The van der Waals surface area contributed by atoms with Crippen LogP contribution >= 0.6 is 0 Å². The molecule has 122 valence electrons. The Morgan fingerprint density at radius 3 is 2.74 bits per heavy atom. The quantitative estimate of drug-likeness (QED) is 0.849. The molecule has 0 N–H and O–H groups in total. The highest BCUT2D eigenvalue weighted by atomic mass is 16.5. The summed E-state index contributed by atoms with van der Waals surface area (Å²) in [6.07, 6.45) is 3.80. The second-order valence-electron chi connectivity index (χ2n) is 6.27. The first-order valence-electron chi connectivity index (χ1n) is 8.23. The molecule has 1 aliphatic heterocycles. The molecule has 1 fully saturated rings. The third-order valence-corrected chi connectivity index (χ3v) is 4.50.